The summed E-state index contributed by atoms with van der Waals surface area (Å²) in [6.07, 6.45) is 0.720. The maximum Gasteiger partial charge on any atom is 0.323 e. The number of H-pyrrole nitrogens is 1. The Hall–Kier alpha value is -3.28. The van der Waals surface area contributed by atoms with Crippen molar-refractivity contribution in [2.75, 3.05) is 17.7 Å². The molecule has 0 saturated heterocycles. The highest BCUT2D eigenvalue weighted by Crippen LogP contribution is 2.31. The molecule has 0 spiro atoms. The Morgan fingerprint density at radius 2 is 1.92 bits per heavy atom. The number of aryl methyl sites for hydroxylation is 1. The van der Waals surface area contributed by atoms with E-state index in [1.807, 2.05) is 61.5 Å². The summed E-state index contributed by atoms with van der Waals surface area (Å²) in [5.74, 6) is 0.734. The topological polar surface area (TPSA) is 79.0 Å². The van der Waals surface area contributed by atoms with Crippen molar-refractivity contribution in [2.24, 2.45) is 0 Å². The Bertz CT molecular complexity index is 859. The van der Waals surface area contributed by atoms with Gasteiger partial charge < -0.3 is 15.4 Å². The second-order valence-electron chi connectivity index (χ2n) is 5.46. The smallest absolute Gasteiger partial charge is 0.323 e. The lowest BCUT2D eigenvalue weighted by Gasteiger charge is -2.10. The summed E-state index contributed by atoms with van der Waals surface area (Å²) >= 11 is 0. The van der Waals surface area contributed by atoms with Crippen LogP contribution in [0.25, 0.3) is 11.3 Å². The van der Waals surface area contributed by atoms with E-state index in [1.54, 1.807) is 7.11 Å². The number of anilines is 2. The Morgan fingerprint density at radius 1 is 1.12 bits per heavy atom. The van der Waals surface area contributed by atoms with Gasteiger partial charge in [0.1, 0.15) is 11.4 Å². The summed E-state index contributed by atoms with van der Waals surface area (Å²) in [6.45, 7) is 2.00. The number of amides is 2. The van der Waals surface area contributed by atoms with E-state index in [4.69, 9.17) is 4.74 Å². The predicted octanol–water partition coefficient (Wildman–Crippen LogP) is 4.29. The minimum atomic E-state index is -0.313. The van der Waals surface area contributed by atoms with Crippen molar-refractivity contribution in [3.63, 3.8) is 0 Å². The van der Waals surface area contributed by atoms with Gasteiger partial charge in [0.15, 0.2) is 0 Å². The third-order valence-electron chi connectivity index (χ3n) is 3.81. The zero-order valence-electron chi connectivity index (χ0n) is 14.2. The summed E-state index contributed by atoms with van der Waals surface area (Å²) < 4.78 is 5.27. The average Bonchev–Trinajstić information content (AvgIpc) is 3.05. The number of nitrogens with one attached hydrogen (secondary N) is 3. The molecule has 128 valence electrons. The van der Waals surface area contributed by atoms with Crippen LogP contribution in [0.15, 0.2) is 54.6 Å². The second-order valence-corrected chi connectivity index (χ2v) is 5.46. The van der Waals surface area contributed by atoms with Gasteiger partial charge in [0.25, 0.3) is 0 Å². The van der Waals surface area contributed by atoms with Crippen LogP contribution in [0.1, 0.15) is 12.6 Å². The van der Waals surface area contributed by atoms with E-state index in [-0.39, 0.29) is 6.03 Å². The molecule has 0 aliphatic rings. The Kier molecular flexibility index (Phi) is 4.99. The molecule has 6 heteroatoms. The highest BCUT2D eigenvalue weighted by molar-refractivity contribution is 6.02. The third kappa shape index (κ3) is 3.80. The molecular weight excluding hydrogens is 316 g/mol. The number of hydrogen-bond donors (Lipinski definition) is 3. The molecule has 2 amide bonds. The number of urea groups is 1. The van der Waals surface area contributed by atoms with Gasteiger partial charge in [-0.05, 0) is 30.7 Å². The number of carbonyl (C=O) groups excluding carboxylic acids is 1. The van der Waals surface area contributed by atoms with Crippen molar-refractivity contribution in [2.45, 2.75) is 13.3 Å². The Balaban J connectivity index is 1.87. The number of hydrogen-bond acceptors (Lipinski definition) is 3. The molecule has 0 fully saturated rings. The first-order valence-electron chi connectivity index (χ1n) is 8.06. The fraction of sp³-hybridized carbons (Fsp3) is 0.158. The van der Waals surface area contributed by atoms with E-state index in [0.29, 0.717) is 11.4 Å². The van der Waals surface area contributed by atoms with Crippen molar-refractivity contribution < 1.29 is 9.53 Å². The number of ether oxygens (including phenoxy) is 1. The van der Waals surface area contributed by atoms with Crippen LogP contribution in [0, 0.1) is 0 Å². The van der Waals surface area contributed by atoms with Crippen LogP contribution in [-0.2, 0) is 6.42 Å². The number of methoxy groups -OCH3 is 1. The molecule has 25 heavy (non-hydrogen) atoms. The van der Waals surface area contributed by atoms with Crippen molar-refractivity contribution in [3.8, 4) is 17.0 Å². The number of aromatic amines is 1. The first kappa shape index (κ1) is 16.6. The number of para-hydroxylation sites is 1. The van der Waals surface area contributed by atoms with E-state index in [1.165, 1.54) is 0 Å². The van der Waals surface area contributed by atoms with Crippen molar-refractivity contribution in [1.82, 2.24) is 10.2 Å². The van der Waals surface area contributed by atoms with Gasteiger partial charge in [-0.15, -0.1) is 0 Å². The molecule has 0 radical (unpaired) electrons. The van der Waals surface area contributed by atoms with Gasteiger partial charge in [-0.1, -0.05) is 37.3 Å². The first-order chi connectivity index (χ1) is 12.2. The van der Waals surface area contributed by atoms with Crippen LogP contribution in [0.2, 0.25) is 0 Å². The molecule has 0 atom stereocenters. The molecule has 0 aliphatic heterocycles. The molecule has 1 aromatic heterocycles. The molecule has 1 heterocycles. The molecule has 2 aromatic carbocycles. The molecule has 3 rings (SSSR count). The van der Waals surface area contributed by atoms with Crippen LogP contribution in [0.5, 0.6) is 5.75 Å². The van der Waals surface area contributed by atoms with Crippen LogP contribution < -0.4 is 15.4 Å². The molecular formula is C19H20N4O2. The van der Waals surface area contributed by atoms with Crippen molar-refractivity contribution >= 4 is 17.4 Å². The summed E-state index contributed by atoms with van der Waals surface area (Å²) in [4.78, 5) is 12.4. The maximum absolute atomic E-state index is 12.4. The first-order valence-corrected chi connectivity index (χ1v) is 8.06. The zero-order valence-corrected chi connectivity index (χ0v) is 14.2. The average molecular weight is 336 g/mol. The largest absolute Gasteiger partial charge is 0.497 e. The lowest BCUT2D eigenvalue weighted by molar-refractivity contribution is 0.262. The van der Waals surface area contributed by atoms with Gasteiger partial charge in [-0.25, -0.2) is 4.79 Å². The monoisotopic (exact) mass is 336 g/mol. The summed E-state index contributed by atoms with van der Waals surface area (Å²) in [7, 11) is 1.62. The van der Waals surface area contributed by atoms with Crippen LogP contribution in [0.4, 0.5) is 16.2 Å². The molecule has 0 unspecified atom stereocenters. The van der Waals surface area contributed by atoms with E-state index in [9.17, 15) is 4.79 Å². The summed E-state index contributed by atoms with van der Waals surface area (Å²) in [5, 5.41) is 13.1. The predicted molar refractivity (Wildman–Crippen MR) is 99.0 cm³/mol. The normalized spacial score (nSPS) is 10.3. The van der Waals surface area contributed by atoms with Gasteiger partial charge in [-0.2, -0.15) is 5.10 Å². The zero-order chi connectivity index (χ0) is 17.6. The fourth-order valence-electron chi connectivity index (χ4n) is 2.55. The minimum absolute atomic E-state index is 0.313. The summed E-state index contributed by atoms with van der Waals surface area (Å²) in [6, 6.07) is 16.6. The molecule has 0 aliphatic carbocycles. The van der Waals surface area contributed by atoms with Gasteiger partial charge >= 0.3 is 6.03 Å². The Labute approximate surface area is 146 Å². The molecule has 0 bridgehead atoms. The number of nitrogens with zero attached hydrogens (tertiary/aromatic N) is 1. The maximum atomic E-state index is 12.4. The lowest BCUT2D eigenvalue weighted by atomic mass is 10.1. The van der Waals surface area contributed by atoms with Crippen molar-refractivity contribution in [3.05, 3.63) is 60.3 Å². The SMILES string of the molecule is CCc1[nH]nc(-c2cccc(OC)c2)c1NC(=O)Nc1ccccc1. The van der Waals surface area contributed by atoms with Gasteiger partial charge in [0.05, 0.1) is 18.5 Å². The van der Waals surface area contributed by atoms with Crippen LogP contribution >= 0.6 is 0 Å². The minimum Gasteiger partial charge on any atom is -0.497 e. The highest BCUT2D eigenvalue weighted by atomic mass is 16.5. The number of benzene rings is 2. The van der Waals surface area contributed by atoms with Gasteiger partial charge in [-0.3, -0.25) is 5.10 Å². The molecule has 6 nitrogen and oxygen atoms in total. The molecule has 0 saturated carbocycles. The molecule has 3 N–H and O–H groups in total. The van der Waals surface area contributed by atoms with E-state index >= 15 is 0 Å². The van der Waals surface area contributed by atoms with E-state index in [0.717, 1.165) is 29.1 Å². The Morgan fingerprint density at radius 3 is 2.64 bits per heavy atom. The van der Waals surface area contributed by atoms with E-state index in [2.05, 4.69) is 20.8 Å². The number of rotatable bonds is 5. The van der Waals surface area contributed by atoms with Gasteiger partial charge in [0, 0.05) is 11.3 Å². The molecule has 3 aromatic rings. The number of carbonyl (C=O) groups is 1. The lowest BCUT2D eigenvalue weighted by Crippen LogP contribution is -2.20. The van der Waals surface area contributed by atoms with Crippen molar-refractivity contribution in [1.29, 1.82) is 0 Å². The summed E-state index contributed by atoms with van der Waals surface area (Å²) in [5.41, 5.74) is 3.80. The van der Waals surface area contributed by atoms with Gasteiger partial charge in [0.2, 0.25) is 0 Å². The second kappa shape index (κ2) is 7.53. The number of aromatic nitrogens is 2. The quantitative estimate of drug-likeness (QED) is 0.650. The standard InChI is InChI=1S/C19H20N4O2/c1-3-16-18(21-19(24)20-14-9-5-4-6-10-14)17(23-22-16)13-8-7-11-15(12-13)25-2/h4-12H,3H2,1-2H3,(H,22,23)(H2,20,21,24). The third-order valence-corrected chi connectivity index (χ3v) is 3.81. The van der Waals surface area contributed by atoms with Crippen LogP contribution in [-0.4, -0.2) is 23.3 Å². The highest BCUT2D eigenvalue weighted by Gasteiger charge is 2.17. The van der Waals surface area contributed by atoms with E-state index < -0.39 is 0 Å². The fourth-order valence-corrected chi connectivity index (χ4v) is 2.55. The van der Waals surface area contributed by atoms with Crippen LogP contribution in [0.3, 0.4) is 0 Å².